The van der Waals surface area contributed by atoms with Gasteiger partial charge in [-0.2, -0.15) is 0 Å². The van der Waals surface area contributed by atoms with Crippen molar-refractivity contribution in [1.82, 2.24) is 0 Å². The molecular formula is C35H58O9. The van der Waals surface area contributed by atoms with Gasteiger partial charge < -0.3 is 44.8 Å². The monoisotopic (exact) mass is 622 g/mol. The van der Waals surface area contributed by atoms with Crippen molar-refractivity contribution in [2.75, 3.05) is 6.61 Å². The molecule has 252 valence electrons. The predicted octanol–water partition coefficient (Wildman–Crippen LogP) is 2.90. The van der Waals surface area contributed by atoms with Gasteiger partial charge in [-0.1, -0.05) is 27.7 Å². The van der Waals surface area contributed by atoms with Crippen molar-refractivity contribution in [1.29, 1.82) is 0 Å². The molecule has 5 aliphatic carbocycles. The topological polar surface area (TPSA) is 149 Å². The predicted molar refractivity (Wildman–Crippen MR) is 161 cm³/mol. The van der Waals surface area contributed by atoms with Crippen LogP contribution >= 0.6 is 0 Å². The largest absolute Gasteiger partial charge is 0.393 e. The molecule has 0 aromatic rings. The molecule has 44 heavy (non-hydrogen) atoms. The Morgan fingerprint density at radius 3 is 2.11 bits per heavy atom. The normalized spacial score (nSPS) is 59.8. The molecule has 2 saturated heterocycles. The number of aliphatic hydroxyl groups excluding tert-OH is 5. The summed E-state index contributed by atoms with van der Waals surface area (Å²) in [6.07, 6.45) is 1.57. The van der Waals surface area contributed by atoms with Gasteiger partial charge in [0.25, 0.3) is 0 Å². The third-order valence-electron chi connectivity index (χ3n) is 15.5. The Hall–Kier alpha value is -0.360. The maximum Gasteiger partial charge on any atom is 0.186 e. The molecule has 9 nitrogen and oxygen atoms in total. The van der Waals surface area contributed by atoms with Crippen molar-refractivity contribution in [2.24, 2.45) is 44.8 Å². The number of fused-ring (bicyclic) bond motifs is 2. The Labute approximate surface area is 262 Å². The van der Waals surface area contributed by atoms with E-state index in [1.807, 2.05) is 13.8 Å². The standard InChI is InChI=1S/C35H58O9/c1-29(2)22(43-28-25(40)24(39)20(38)16-42-28)9-11-35-17-34(35)13-12-31(5)27(33(7)10-8-23(44-33)30(3,4)41)19(37)15-32(31,6)21(34)14-18(36)26(29)35/h18-28,36-41H,8-17H2,1-7H3/t18-,19+,20?,21?,22?,23+,24?,25?,26?,27?,28?,31-,32+,33-,34+,35-/m1/s1. The van der Waals surface area contributed by atoms with E-state index in [4.69, 9.17) is 14.2 Å². The van der Waals surface area contributed by atoms with Gasteiger partial charge in [0.1, 0.15) is 18.3 Å². The molecule has 16 atom stereocenters. The van der Waals surface area contributed by atoms with Crippen LogP contribution in [0, 0.1) is 44.8 Å². The van der Waals surface area contributed by atoms with Gasteiger partial charge in [-0.05, 0) is 117 Å². The molecule has 2 heterocycles. The lowest BCUT2D eigenvalue weighted by molar-refractivity contribution is -0.306. The lowest BCUT2D eigenvalue weighted by atomic mass is 9.41. The number of rotatable bonds is 4. The molecule has 7 aliphatic rings. The Morgan fingerprint density at radius 2 is 1.45 bits per heavy atom. The van der Waals surface area contributed by atoms with Gasteiger partial charge in [-0.25, -0.2) is 0 Å². The first kappa shape index (κ1) is 32.2. The highest BCUT2D eigenvalue weighted by molar-refractivity contribution is 5.33. The van der Waals surface area contributed by atoms with Crippen molar-refractivity contribution in [3.05, 3.63) is 0 Å². The molecule has 6 N–H and O–H groups in total. The summed E-state index contributed by atoms with van der Waals surface area (Å²) in [6.45, 7) is 14.8. The summed E-state index contributed by atoms with van der Waals surface area (Å²) in [7, 11) is 0. The van der Waals surface area contributed by atoms with Crippen molar-refractivity contribution in [3.8, 4) is 0 Å². The van der Waals surface area contributed by atoms with Crippen LogP contribution in [0.15, 0.2) is 0 Å². The third-order valence-corrected chi connectivity index (χ3v) is 15.5. The van der Waals surface area contributed by atoms with Crippen LogP contribution in [0.5, 0.6) is 0 Å². The minimum Gasteiger partial charge on any atom is -0.393 e. The fraction of sp³-hybridized carbons (Fsp3) is 1.00. The van der Waals surface area contributed by atoms with Gasteiger partial charge in [-0.3, -0.25) is 0 Å². The fourth-order valence-corrected chi connectivity index (χ4v) is 13.4. The van der Waals surface area contributed by atoms with E-state index in [1.54, 1.807) is 0 Å². The minimum absolute atomic E-state index is 0.00753. The second kappa shape index (κ2) is 9.63. The summed E-state index contributed by atoms with van der Waals surface area (Å²) in [6, 6.07) is 0. The van der Waals surface area contributed by atoms with Crippen LogP contribution in [0.3, 0.4) is 0 Å². The second-order valence-electron chi connectivity index (χ2n) is 18.3. The maximum atomic E-state index is 12.1. The SMILES string of the molecule is CC1(C)C(OC2OCC(O)C(O)C2O)CC[C@]23C[C@]24CC[C@]2(C)C([C@@]5(C)CC[C@@H](C(C)(C)O)O5)[C@@H](O)C[C@@]2(C)C4C[C@@H](O)C13. The lowest BCUT2D eigenvalue weighted by Gasteiger charge is -2.64. The average molecular weight is 623 g/mol. The van der Waals surface area contributed by atoms with Gasteiger partial charge >= 0.3 is 0 Å². The van der Waals surface area contributed by atoms with E-state index in [0.29, 0.717) is 18.8 Å². The Morgan fingerprint density at radius 1 is 0.750 bits per heavy atom. The van der Waals surface area contributed by atoms with E-state index in [9.17, 15) is 30.6 Å². The van der Waals surface area contributed by atoms with Crippen LogP contribution in [0.2, 0.25) is 0 Å². The number of hydrogen-bond donors (Lipinski definition) is 6. The molecule has 0 aromatic heterocycles. The van der Waals surface area contributed by atoms with Gasteiger partial charge in [0, 0.05) is 5.92 Å². The molecule has 0 amide bonds. The average Bonchev–Trinajstić information content (AvgIpc) is 3.27. The third kappa shape index (κ3) is 3.97. The zero-order chi connectivity index (χ0) is 32.0. The molecule has 7 rings (SSSR count). The van der Waals surface area contributed by atoms with Gasteiger partial charge in [0.2, 0.25) is 0 Å². The number of aliphatic hydroxyl groups is 6. The summed E-state index contributed by atoms with van der Waals surface area (Å²) in [5.74, 6) is 0.285. The van der Waals surface area contributed by atoms with Gasteiger partial charge in [0.05, 0.1) is 42.2 Å². The van der Waals surface area contributed by atoms with E-state index in [0.717, 1.165) is 44.9 Å². The summed E-state index contributed by atoms with van der Waals surface area (Å²) in [5, 5.41) is 65.5. The summed E-state index contributed by atoms with van der Waals surface area (Å²) >= 11 is 0. The highest BCUT2D eigenvalue weighted by atomic mass is 16.7. The summed E-state index contributed by atoms with van der Waals surface area (Å²) < 4.78 is 18.7. The quantitative estimate of drug-likeness (QED) is 0.260. The Bertz CT molecular complexity index is 1160. The van der Waals surface area contributed by atoms with Crippen molar-refractivity contribution in [3.63, 3.8) is 0 Å². The highest BCUT2D eigenvalue weighted by Crippen LogP contribution is 2.89. The van der Waals surface area contributed by atoms with Crippen LogP contribution in [0.4, 0.5) is 0 Å². The molecule has 8 unspecified atom stereocenters. The summed E-state index contributed by atoms with van der Waals surface area (Å²) in [5.41, 5.74) is -2.01. The summed E-state index contributed by atoms with van der Waals surface area (Å²) in [4.78, 5) is 0. The number of hydrogen-bond acceptors (Lipinski definition) is 9. The first-order chi connectivity index (χ1) is 20.3. The molecule has 0 radical (unpaired) electrons. The van der Waals surface area contributed by atoms with Crippen molar-refractivity contribution in [2.45, 2.75) is 166 Å². The van der Waals surface area contributed by atoms with Crippen LogP contribution < -0.4 is 0 Å². The van der Waals surface area contributed by atoms with E-state index < -0.39 is 53.4 Å². The van der Waals surface area contributed by atoms with E-state index >= 15 is 0 Å². The minimum atomic E-state index is -1.33. The lowest BCUT2D eigenvalue weighted by Crippen LogP contribution is -2.63. The van der Waals surface area contributed by atoms with Crippen LogP contribution in [0.1, 0.15) is 106 Å². The molecule has 0 bridgehead atoms. The molecule has 2 aliphatic heterocycles. The van der Waals surface area contributed by atoms with Crippen LogP contribution in [0.25, 0.3) is 0 Å². The first-order valence-electron chi connectivity index (χ1n) is 17.4. The molecule has 2 spiro atoms. The fourth-order valence-electron chi connectivity index (χ4n) is 13.4. The Kier molecular flexibility index (Phi) is 7.04. The molecule has 9 heteroatoms. The van der Waals surface area contributed by atoms with Gasteiger partial charge in [-0.15, -0.1) is 0 Å². The smallest absolute Gasteiger partial charge is 0.186 e. The Balaban J connectivity index is 1.15. The van der Waals surface area contributed by atoms with Crippen molar-refractivity contribution >= 4 is 0 Å². The molecule has 7 fully saturated rings. The highest BCUT2D eigenvalue weighted by Gasteiger charge is 2.85. The van der Waals surface area contributed by atoms with Crippen LogP contribution in [-0.2, 0) is 14.2 Å². The zero-order valence-corrected chi connectivity index (χ0v) is 27.8. The number of ether oxygens (including phenoxy) is 3. The first-order valence-corrected chi connectivity index (χ1v) is 17.4. The van der Waals surface area contributed by atoms with Crippen molar-refractivity contribution < 1.29 is 44.8 Å². The second-order valence-corrected chi connectivity index (χ2v) is 18.3. The maximum absolute atomic E-state index is 12.1. The van der Waals surface area contributed by atoms with Crippen LogP contribution in [-0.4, -0.2) is 97.5 Å². The van der Waals surface area contributed by atoms with E-state index in [2.05, 4.69) is 34.6 Å². The van der Waals surface area contributed by atoms with E-state index in [1.165, 1.54) is 0 Å². The molecule has 0 aromatic carbocycles. The molecular weight excluding hydrogens is 564 g/mol. The zero-order valence-electron chi connectivity index (χ0n) is 27.8. The van der Waals surface area contributed by atoms with E-state index in [-0.39, 0.29) is 52.3 Å². The van der Waals surface area contributed by atoms with Gasteiger partial charge in [0.15, 0.2) is 6.29 Å². The molecule has 5 saturated carbocycles.